The number of nitrogens with one attached hydrogen (secondary N) is 1. The van der Waals surface area contributed by atoms with Crippen molar-refractivity contribution >= 4 is 17.5 Å². The van der Waals surface area contributed by atoms with Crippen LogP contribution >= 0.6 is 11.6 Å². The van der Waals surface area contributed by atoms with Gasteiger partial charge in [-0.2, -0.15) is 4.98 Å². The zero-order valence-corrected chi connectivity index (χ0v) is 15.4. The van der Waals surface area contributed by atoms with Gasteiger partial charge in [0.2, 0.25) is 11.8 Å². The number of amides is 1. The smallest absolute Gasteiger partial charge is 0.226 e. The molecule has 6 nitrogen and oxygen atoms in total. The van der Waals surface area contributed by atoms with Gasteiger partial charge in [-0.25, -0.2) is 0 Å². The Hall–Kier alpha value is -1.92. The summed E-state index contributed by atoms with van der Waals surface area (Å²) in [6, 6.07) is 7.73. The molecule has 1 aliphatic carbocycles. The zero-order valence-electron chi connectivity index (χ0n) is 14.7. The Morgan fingerprint density at radius 2 is 2.19 bits per heavy atom. The van der Waals surface area contributed by atoms with E-state index in [1.807, 2.05) is 29.2 Å². The van der Waals surface area contributed by atoms with Crippen molar-refractivity contribution in [2.45, 2.75) is 44.1 Å². The quantitative estimate of drug-likeness (QED) is 0.841. The number of aryl methyl sites for hydroxylation is 1. The summed E-state index contributed by atoms with van der Waals surface area (Å²) >= 11 is 6.35. The predicted molar refractivity (Wildman–Crippen MR) is 98.0 cm³/mol. The molecule has 1 unspecified atom stereocenters. The van der Waals surface area contributed by atoms with E-state index in [1.165, 1.54) is 0 Å². The van der Waals surface area contributed by atoms with E-state index in [4.69, 9.17) is 16.1 Å². The molecule has 1 aromatic carbocycles. The van der Waals surface area contributed by atoms with E-state index in [9.17, 15) is 4.79 Å². The molecule has 0 bridgehead atoms. The van der Waals surface area contributed by atoms with Gasteiger partial charge in [0.1, 0.15) is 0 Å². The molecule has 138 valence electrons. The lowest BCUT2D eigenvalue weighted by molar-refractivity contribution is -0.134. The molecule has 0 spiro atoms. The number of hydrogen-bond donors (Lipinski definition) is 1. The Morgan fingerprint density at radius 3 is 3.00 bits per heavy atom. The van der Waals surface area contributed by atoms with Crippen molar-refractivity contribution in [2.24, 2.45) is 0 Å². The third-order valence-corrected chi connectivity index (χ3v) is 5.38. The molecule has 1 saturated carbocycles. The molecule has 1 atom stereocenters. The van der Waals surface area contributed by atoms with Crippen molar-refractivity contribution in [3.8, 4) is 0 Å². The number of carbonyl (C=O) groups excluding carboxylic acids is 1. The molecule has 1 aliphatic heterocycles. The summed E-state index contributed by atoms with van der Waals surface area (Å²) in [6.07, 6.45) is 4.15. The van der Waals surface area contributed by atoms with Gasteiger partial charge in [0.15, 0.2) is 5.82 Å². The standard InChI is InChI=1S/C19H23ClN4O2/c20-15-5-2-1-4-14(15)16-12-21-10-11-24(16)18(25)7-3-6-17-22-19(23-26-17)13-8-9-13/h1-2,4-5,13,16,21H,3,6-12H2. The molecule has 2 fully saturated rings. The molecule has 0 radical (unpaired) electrons. The largest absolute Gasteiger partial charge is 0.339 e. The average molecular weight is 375 g/mol. The minimum atomic E-state index is -0.0187. The first-order chi connectivity index (χ1) is 12.7. The van der Waals surface area contributed by atoms with Gasteiger partial charge >= 0.3 is 0 Å². The fourth-order valence-corrected chi connectivity index (χ4v) is 3.70. The van der Waals surface area contributed by atoms with E-state index in [1.54, 1.807) is 0 Å². The summed E-state index contributed by atoms with van der Waals surface area (Å²) in [5.74, 6) is 2.11. The minimum Gasteiger partial charge on any atom is -0.339 e. The predicted octanol–water partition coefficient (Wildman–Crippen LogP) is 3.10. The van der Waals surface area contributed by atoms with E-state index in [2.05, 4.69) is 15.5 Å². The molecule has 7 heteroatoms. The van der Waals surface area contributed by atoms with Crippen LogP contribution in [0.3, 0.4) is 0 Å². The first-order valence-electron chi connectivity index (χ1n) is 9.29. The number of rotatable bonds is 6. The van der Waals surface area contributed by atoms with Crippen LogP contribution in [0.2, 0.25) is 5.02 Å². The second-order valence-corrected chi connectivity index (χ2v) is 7.41. The Balaban J connectivity index is 1.35. The van der Waals surface area contributed by atoms with Gasteiger partial charge in [0.25, 0.3) is 0 Å². The first kappa shape index (κ1) is 17.5. The van der Waals surface area contributed by atoms with Crippen molar-refractivity contribution in [1.29, 1.82) is 0 Å². The Morgan fingerprint density at radius 1 is 1.35 bits per heavy atom. The second kappa shape index (κ2) is 7.76. The lowest BCUT2D eigenvalue weighted by atomic mass is 10.0. The molecular formula is C19H23ClN4O2. The molecule has 1 N–H and O–H groups in total. The summed E-state index contributed by atoms with van der Waals surface area (Å²) in [5, 5.41) is 8.09. The molecule has 1 saturated heterocycles. The van der Waals surface area contributed by atoms with Gasteiger partial charge in [0, 0.05) is 43.4 Å². The van der Waals surface area contributed by atoms with Crippen LogP contribution in [-0.4, -0.2) is 40.6 Å². The Kier molecular flexibility index (Phi) is 5.22. The van der Waals surface area contributed by atoms with Crippen LogP contribution in [0.4, 0.5) is 0 Å². The fraction of sp³-hybridized carbons (Fsp3) is 0.526. The normalized spacial score (nSPS) is 20.3. The summed E-state index contributed by atoms with van der Waals surface area (Å²) < 4.78 is 5.29. The number of aromatic nitrogens is 2. The lowest BCUT2D eigenvalue weighted by Crippen LogP contribution is -2.48. The number of nitrogens with zero attached hydrogens (tertiary/aromatic N) is 3. The number of carbonyl (C=O) groups is 1. The molecule has 4 rings (SSSR count). The molecule has 1 amide bonds. The molecule has 26 heavy (non-hydrogen) atoms. The van der Waals surface area contributed by atoms with Gasteiger partial charge in [-0.1, -0.05) is 35.0 Å². The lowest BCUT2D eigenvalue weighted by Gasteiger charge is -2.37. The third kappa shape index (κ3) is 3.91. The maximum absolute atomic E-state index is 12.8. The number of hydrogen-bond acceptors (Lipinski definition) is 5. The summed E-state index contributed by atoms with van der Waals surface area (Å²) in [4.78, 5) is 19.2. The Bertz CT molecular complexity index is 774. The van der Waals surface area contributed by atoms with Gasteiger partial charge in [-0.15, -0.1) is 0 Å². The summed E-state index contributed by atoms with van der Waals surface area (Å²) in [7, 11) is 0. The highest BCUT2D eigenvalue weighted by Crippen LogP contribution is 2.38. The maximum atomic E-state index is 12.8. The van der Waals surface area contributed by atoms with Crippen LogP contribution < -0.4 is 5.32 Å². The van der Waals surface area contributed by atoms with Crippen molar-refractivity contribution in [1.82, 2.24) is 20.4 Å². The fourth-order valence-electron chi connectivity index (χ4n) is 3.44. The molecule has 2 aliphatic rings. The van der Waals surface area contributed by atoms with Crippen molar-refractivity contribution in [2.75, 3.05) is 19.6 Å². The van der Waals surface area contributed by atoms with E-state index in [0.717, 1.165) is 37.3 Å². The Labute approximate surface area is 157 Å². The highest BCUT2D eigenvalue weighted by Gasteiger charge is 2.30. The molecule has 1 aromatic heterocycles. The highest BCUT2D eigenvalue weighted by molar-refractivity contribution is 6.31. The topological polar surface area (TPSA) is 71.3 Å². The average Bonchev–Trinajstić information content (AvgIpc) is 3.41. The minimum absolute atomic E-state index is 0.0187. The first-order valence-corrected chi connectivity index (χ1v) is 9.67. The number of piperazine rings is 1. The van der Waals surface area contributed by atoms with Crippen LogP contribution in [0.5, 0.6) is 0 Å². The zero-order chi connectivity index (χ0) is 17.9. The SMILES string of the molecule is O=C(CCCc1nc(C2CC2)no1)N1CCNCC1c1ccccc1Cl. The van der Waals surface area contributed by atoms with Gasteiger partial charge in [-0.3, -0.25) is 4.79 Å². The second-order valence-electron chi connectivity index (χ2n) is 7.00. The molecule has 2 aromatic rings. The van der Waals surface area contributed by atoms with Crippen LogP contribution in [0.15, 0.2) is 28.8 Å². The summed E-state index contributed by atoms with van der Waals surface area (Å²) in [5.41, 5.74) is 1.00. The number of halogens is 1. The van der Waals surface area contributed by atoms with Crippen molar-refractivity contribution in [3.63, 3.8) is 0 Å². The van der Waals surface area contributed by atoms with Crippen molar-refractivity contribution in [3.05, 3.63) is 46.6 Å². The van der Waals surface area contributed by atoms with Gasteiger partial charge in [-0.05, 0) is 30.9 Å². The van der Waals surface area contributed by atoms with Crippen LogP contribution in [-0.2, 0) is 11.2 Å². The molecule has 2 heterocycles. The van der Waals surface area contributed by atoms with Gasteiger partial charge in [0.05, 0.1) is 6.04 Å². The van der Waals surface area contributed by atoms with Crippen LogP contribution in [0.25, 0.3) is 0 Å². The van der Waals surface area contributed by atoms with Crippen molar-refractivity contribution < 1.29 is 9.32 Å². The number of benzene rings is 1. The van der Waals surface area contributed by atoms with Crippen LogP contribution in [0, 0.1) is 0 Å². The monoisotopic (exact) mass is 374 g/mol. The highest BCUT2D eigenvalue weighted by atomic mass is 35.5. The molecular weight excluding hydrogens is 352 g/mol. The van der Waals surface area contributed by atoms with E-state index >= 15 is 0 Å². The van der Waals surface area contributed by atoms with Crippen LogP contribution in [0.1, 0.15) is 54.9 Å². The van der Waals surface area contributed by atoms with E-state index in [-0.39, 0.29) is 11.9 Å². The van der Waals surface area contributed by atoms with Gasteiger partial charge < -0.3 is 14.7 Å². The third-order valence-electron chi connectivity index (χ3n) is 5.04. The van der Waals surface area contributed by atoms with E-state index in [0.29, 0.717) is 42.6 Å². The summed E-state index contributed by atoms with van der Waals surface area (Å²) in [6.45, 7) is 2.23. The maximum Gasteiger partial charge on any atom is 0.226 e. The van der Waals surface area contributed by atoms with E-state index < -0.39 is 0 Å².